The van der Waals surface area contributed by atoms with Gasteiger partial charge in [0.05, 0.1) is 18.1 Å². The number of sulfone groups is 1. The van der Waals surface area contributed by atoms with Gasteiger partial charge in [-0.1, -0.05) is 6.07 Å². The number of ether oxygens (including phenoxy) is 1. The van der Waals surface area contributed by atoms with Crippen molar-refractivity contribution < 1.29 is 13.2 Å². The van der Waals surface area contributed by atoms with Crippen molar-refractivity contribution in [3.05, 3.63) is 29.3 Å². The number of rotatable bonds is 2. The molecule has 94 valence electrons. The molecule has 1 saturated heterocycles. The summed E-state index contributed by atoms with van der Waals surface area (Å²) < 4.78 is 29.8. The Morgan fingerprint density at radius 3 is 2.65 bits per heavy atom. The summed E-state index contributed by atoms with van der Waals surface area (Å²) in [5, 5.41) is 2.35. The Bertz CT molecular complexity index is 504. The van der Waals surface area contributed by atoms with Crippen molar-refractivity contribution in [1.29, 1.82) is 0 Å². The van der Waals surface area contributed by atoms with Gasteiger partial charge in [-0.2, -0.15) is 0 Å². The fourth-order valence-electron chi connectivity index (χ4n) is 1.80. The summed E-state index contributed by atoms with van der Waals surface area (Å²) in [6.07, 6.45) is 0. The van der Waals surface area contributed by atoms with E-state index in [4.69, 9.17) is 4.74 Å². The summed E-state index contributed by atoms with van der Waals surface area (Å²) in [5.74, 6) is 0. The molecule has 1 N–H and O–H groups in total. The zero-order valence-electron chi connectivity index (χ0n) is 10.1. The van der Waals surface area contributed by atoms with Gasteiger partial charge in [0.1, 0.15) is 5.37 Å². The van der Waals surface area contributed by atoms with Crippen LogP contribution in [0.3, 0.4) is 0 Å². The highest BCUT2D eigenvalue weighted by molar-refractivity contribution is 7.92. The fourth-order valence-corrected chi connectivity index (χ4v) is 3.34. The van der Waals surface area contributed by atoms with Crippen LogP contribution in [0.15, 0.2) is 23.1 Å². The van der Waals surface area contributed by atoms with E-state index >= 15 is 0 Å². The third kappa shape index (κ3) is 2.51. The molecule has 1 unspecified atom stereocenters. The Kier molecular flexibility index (Phi) is 3.51. The van der Waals surface area contributed by atoms with Crippen LogP contribution in [0, 0.1) is 13.8 Å². The van der Waals surface area contributed by atoms with E-state index in [2.05, 4.69) is 5.32 Å². The van der Waals surface area contributed by atoms with Crippen molar-refractivity contribution in [3.63, 3.8) is 0 Å². The van der Waals surface area contributed by atoms with E-state index in [-0.39, 0.29) is 6.61 Å². The molecule has 0 aliphatic carbocycles. The lowest BCUT2D eigenvalue weighted by Crippen LogP contribution is -2.46. The highest BCUT2D eigenvalue weighted by Gasteiger charge is 2.29. The van der Waals surface area contributed by atoms with E-state index in [1.807, 2.05) is 19.9 Å². The molecule has 4 nitrogen and oxygen atoms in total. The second-order valence-electron chi connectivity index (χ2n) is 4.31. The highest BCUT2D eigenvalue weighted by atomic mass is 32.2. The number of nitrogens with one attached hydrogen (secondary N) is 1. The third-order valence-electron chi connectivity index (χ3n) is 3.07. The number of hydrogen-bond acceptors (Lipinski definition) is 4. The summed E-state index contributed by atoms with van der Waals surface area (Å²) in [6.45, 7) is 5.25. The van der Waals surface area contributed by atoms with Crippen molar-refractivity contribution in [2.45, 2.75) is 24.1 Å². The van der Waals surface area contributed by atoms with Crippen LogP contribution in [0.1, 0.15) is 11.1 Å². The van der Waals surface area contributed by atoms with Gasteiger partial charge in [-0.25, -0.2) is 8.42 Å². The molecule has 1 heterocycles. The molecule has 1 atom stereocenters. The van der Waals surface area contributed by atoms with E-state index in [0.29, 0.717) is 18.0 Å². The molecule has 5 heteroatoms. The van der Waals surface area contributed by atoms with E-state index in [1.54, 1.807) is 12.1 Å². The van der Waals surface area contributed by atoms with Crippen LogP contribution in [-0.2, 0) is 14.6 Å². The lowest BCUT2D eigenvalue weighted by atomic mass is 10.1. The first kappa shape index (κ1) is 12.5. The minimum absolute atomic E-state index is 0.218. The SMILES string of the molecule is Cc1ccc(S(=O)(=O)C2COCCN2)cc1C. The molecule has 1 fully saturated rings. The third-order valence-corrected chi connectivity index (χ3v) is 5.03. The smallest absolute Gasteiger partial charge is 0.196 e. The summed E-state index contributed by atoms with van der Waals surface area (Å²) in [6, 6.07) is 5.22. The number of hydrogen-bond donors (Lipinski definition) is 1. The van der Waals surface area contributed by atoms with Crippen LogP contribution in [0.5, 0.6) is 0 Å². The number of benzene rings is 1. The van der Waals surface area contributed by atoms with Crippen LogP contribution in [0.4, 0.5) is 0 Å². The van der Waals surface area contributed by atoms with Gasteiger partial charge < -0.3 is 4.74 Å². The topological polar surface area (TPSA) is 55.4 Å². The van der Waals surface area contributed by atoms with Crippen molar-refractivity contribution in [3.8, 4) is 0 Å². The minimum atomic E-state index is -3.34. The number of aryl methyl sites for hydroxylation is 2. The average molecular weight is 255 g/mol. The van der Waals surface area contributed by atoms with Gasteiger partial charge in [0, 0.05) is 6.54 Å². The van der Waals surface area contributed by atoms with E-state index in [9.17, 15) is 8.42 Å². The van der Waals surface area contributed by atoms with Gasteiger partial charge >= 0.3 is 0 Å². The molecule has 1 aromatic rings. The Hall–Kier alpha value is -0.910. The van der Waals surface area contributed by atoms with Gasteiger partial charge in [-0.05, 0) is 37.1 Å². The maximum Gasteiger partial charge on any atom is 0.196 e. The maximum absolute atomic E-state index is 12.3. The van der Waals surface area contributed by atoms with Crippen LogP contribution in [-0.4, -0.2) is 33.6 Å². The fraction of sp³-hybridized carbons (Fsp3) is 0.500. The summed E-state index contributed by atoms with van der Waals surface area (Å²) in [5.41, 5.74) is 2.08. The standard InChI is InChI=1S/C12H17NO3S/c1-9-3-4-11(7-10(9)2)17(14,15)12-8-16-6-5-13-12/h3-4,7,12-13H,5-6,8H2,1-2H3. The molecule has 2 rings (SSSR count). The van der Waals surface area contributed by atoms with Gasteiger partial charge in [0.2, 0.25) is 0 Å². The molecule has 0 aromatic heterocycles. The quantitative estimate of drug-likeness (QED) is 0.857. The van der Waals surface area contributed by atoms with Gasteiger partial charge in [-0.15, -0.1) is 0 Å². The normalized spacial score (nSPS) is 21.4. The molecule has 1 aromatic carbocycles. The van der Waals surface area contributed by atoms with E-state index in [1.165, 1.54) is 0 Å². The van der Waals surface area contributed by atoms with Crippen LogP contribution >= 0.6 is 0 Å². The molecule has 1 aliphatic heterocycles. The van der Waals surface area contributed by atoms with Crippen LogP contribution in [0.25, 0.3) is 0 Å². The summed E-state index contributed by atoms with van der Waals surface area (Å²) in [7, 11) is -3.34. The first-order valence-corrected chi connectivity index (χ1v) is 7.19. The Labute approximate surface area is 102 Å². The molecule has 0 radical (unpaired) electrons. The lowest BCUT2D eigenvalue weighted by molar-refractivity contribution is 0.0978. The molecule has 0 amide bonds. The average Bonchev–Trinajstić information content (AvgIpc) is 2.33. The second-order valence-corrected chi connectivity index (χ2v) is 6.44. The molecule has 0 saturated carbocycles. The summed E-state index contributed by atoms with van der Waals surface area (Å²) >= 11 is 0. The van der Waals surface area contributed by atoms with Crippen LogP contribution < -0.4 is 5.32 Å². The predicted molar refractivity (Wildman–Crippen MR) is 65.7 cm³/mol. The Morgan fingerprint density at radius 1 is 1.29 bits per heavy atom. The molecule has 0 bridgehead atoms. The van der Waals surface area contributed by atoms with E-state index < -0.39 is 15.2 Å². The van der Waals surface area contributed by atoms with Crippen LogP contribution in [0.2, 0.25) is 0 Å². The molecule has 17 heavy (non-hydrogen) atoms. The van der Waals surface area contributed by atoms with Gasteiger partial charge in [0.15, 0.2) is 9.84 Å². The Morgan fingerprint density at radius 2 is 2.06 bits per heavy atom. The van der Waals surface area contributed by atoms with Crippen molar-refractivity contribution in [2.75, 3.05) is 19.8 Å². The van der Waals surface area contributed by atoms with Gasteiger partial charge in [-0.3, -0.25) is 5.32 Å². The predicted octanol–water partition coefficient (Wildman–Crippen LogP) is 1.02. The highest BCUT2D eigenvalue weighted by Crippen LogP contribution is 2.19. The van der Waals surface area contributed by atoms with Crippen molar-refractivity contribution in [1.82, 2.24) is 5.32 Å². The zero-order chi connectivity index (χ0) is 12.5. The Balaban J connectivity index is 2.33. The summed E-state index contributed by atoms with van der Waals surface area (Å²) in [4.78, 5) is 0.364. The molecule has 1 aliphatic rings. The first-order valence-electron chi connectivity index (χ1n) is 5.64. The monoisotopic (exact) mass is 255 g/mol. The minimum Gasteiger partial charge on any atom is -0.377 e. The lowest BCUT2D eigenvalue weighted by Gasteiger charge is -2.24. The molecular weight excluding hydrogens is 238 g/mol. The zero-order valence-corrected chi connectivity index (χ0v) is 10.9. The number of morpholine rings is 1. The maximum atomic E-state index is 12.3. The van der Waals surface area contributed by atoms with E-state index in [0.717, 1.165) is 11.1 Å². The van der Waals surface area contributed by atoms with Crippen molar-refractivity contribution >= 4 is 9.84 Å². The molecular formula is C12H17NO3S. The van der Waals surface area contributed by atoms with Gasteiger partial charge in [0.25, 0.3) is 0 Å². The molecule has 0 spiro atoms. The van der Waals surface area contributed by atoms with Crippen molar-refractivity contribution in [2.24, 2.45) is 0 Å². The second kappa shape index (κ2) is 4.76. The largest absolute Gasteiger partial charge is 0.377 e. The first-order chi connectivity index (χ1) is 8.01.